The van der Waals surface area contributed by atoms with Gasteiger partial charge in [0.25, 0.3) is 0 Å². The van der Waals surface area contributed by atoms with Gasteiger partial charge in [0.15, 0.2) is 0 Å². The van der Waals surface area contributed by atoms with E-state index in [-0.39, 0.29) is 5.60 Å². The molecule has 2 aliphatic rings. The van der Waals surface area contributed by atoms with Crippen molar-refractivity contribution in [1.29, 1.82) is 0 Å². The maximum atomic E-state index is 6.74. The molecular weight excluding hydrogens is 284 g/mol. The van der Waals surface area contributed by atoms with Crippen molar-refractivity contribution in [2.45, 2.75) is 44.1 Å². The molecule has 23 heavy (non-hydrogen) atoms. The van der Waals surface area contributed by atoms with E-state index >= 15 is 0 Å². The minimum Gasteiger partial charge on any atom is -0.487 e. The fourth-order valence-corrected chi connectivity index (χ4v) is 4.32. The van der Waals surface area contributed by atoms with Crippen molar-refractivity contribution in [2.24, 2.45) is 5.92 Å². The molecule has 1 saturated heterocycles. The standard InChI is InChI=1S/C20H32N2O/c1-21(2)14-6-12-20(18-10-15-22(3)16-11-18)13-9-17-7-4-5-8-19(17)23-20/h4-5,7-8,18H,6,9-16H2,1-3H3. The van der Waals surface area contributed by atoms with Crippen LogP contribution in [-0.2, 0) is 6.42 Å². The predicted molar refractivity (Wildman–Crippen MR) is 96.1 cm³/mol. The Morgan fingerprint density at radius 1 is 1.22 bits per heavy atom. The maximum absolute atomic E-state index is 6.74. The lowest BCUT2D eigenvalue weighted by molar-refractivity contribution is -0.0422. The molecule has 0 amide bonds. The van der Waals surface area contributed by atoms with Gasteiger partial charge >= 0.3 is 0 Å². The molecule has 1 aromatic rings. The predicted octanol–water partition coefficient (Wildman–Crippen LogP) is 3.43. The van der Waals surface area contributed by atoms with Gasteiger partial charge in [-0.2, -0.15) is 0 Å². The first-order valence-electron chi connectivity index (χ1n) is 9.19. The second kappa shape index (κ2) is 7.23. The summed E-state index contributed by atoms with van der Waals surface area (Å²) in [6.07, 6.45) is 7.33. The van der Waals surface area contributed by atoms with Gasteiger partial charge in [-0.25, -0.2) is 0 Å². The summed E-state index contributed by atoms with van der Waals surface area (Å²) in [4.78, 5) is 4.75. The van der Waals surface area contributed by atoms with Crippen molar-refractivity contribution in [2.75, 3.05) is 40.8 Å². The van der Waals surface area contributed by atoms with Gasteiger partial charge < -0.3 is 14.5 Å². The Labute approximate surface area is 141 Å². The highest BCUT2D eigenvalue weighted by molar-refractivity contribution is 5.36. The van der Waals surface area contributed by atoms with Gasteiger partial charge in [-0.05, 0) is 90.9 Å². The Kier molecular flexibility index (Phi) is 5.27. The first kappa shape index (κ1) is 16.8. The van der Waals surface area contributed by atoms with E-state index < -0.39 is 0 Å². The Hall–Kier alpha value is -1.06. The summed E-state index contributed by atoms with van der Waals surface area (Å²) in [5, 5.41) is 0. The molecule has 3 heteroatoms. The van der Waals surface area contributed by atoms with Crippen LogP contribution in [0.15, 0.2) is 24.3 Å². The highest BCUT2D eigenvalue weighted by Gasteiger charge is 2.43. The van der Waals surface area contributed by atoms with E-state index in [2.05, 4.69) is 55.2 Å². The van der Waals surface area contributed by atoms with Gasteiger partial charge in [-0.15, -0.1) is 0 Å². The quantitative estimate of drug-likeness (QED) is 0.828. The fourth-order valence-electron chi connectivity index (χ4n) is 4.32. The smallest absolute Gasteiger partial charge is 0.123 e. The van der Waals surface area contributed by atoms with Crippen LogP contribution >= 0.6 is 0 Å². The Morgan fingerprint density at radius 2 is 1.96 bits per heavy atom. The molecule has 1 unspecified atom stereocenters. The molecular formula is C20H32N2O. The minimum atomic E-state index is 0.0611. The third kappa shape index (κ3) is 3.89. The van der Waals surface area contributed by atoms with Gasteiger partial charge in [-0.3, -0.25) is 0 Å². The van der Waals surface area contributed by atoms with E-state index in [1.165, 1.54) is 57.2 Å². The van der Waals surface area contributed by atoms with Crippen molar-refractivity contribution in [3.8, 4) is 5.75 Å². The Morgan fingerprint density at radius 3 is 2.70 bits per heavy atom. The summed E-state index contributed by atoms with van der Waals surface area (Å²) < 4.78 is 6.74. The van der Waals surface area contributed by atoms with Crippen LogP contribution < -0.4 is 4.74 Å². The van der Waals surface area contributed by atoms with Gasteiger partial charge in [0.05, 0.1) is 0 Å². The zero-order chi connectivity index (χ0) is 16.3. The largest absolute Gasteiger partial charge is 0.487 e. The topological polar surface area (TPSA) is 15.7 Å². The van der Waals surface area contributed by atoms with Crippen molar-refractivity contribution in [3.05, 3.63) is 29.8 Å². The van der Waals surface area contributed by atoms with Crippen LogP contribution in [0, 0.1) is 5.92 Å². The minimum absolute atomic E-state index is 0.0611. The van der Waals surface area contributed by atoms with E-state index in [0.29, 0.717) is 5.92 Å². The van der Waals surface area contributed by atoms with Crippen LogP contribution in [0.4, 0.5) is 0 Å². The van der Waals surface area contributed by atoms with E-state index in [1.807, 2.05) is 0 Å². The number of rotatable bonds is 5. The first-order valence-corrected chi connectivity index (χ1v) is 9.19. The summed E-state index contributed by atoms with van der Waals surface area (Å²) >= 11 is 0. The molecule has 1 fully saturated rings. The summed E-state index contributed by atoms with van der Waals surface area (Å²) in [5.41, 5.74) is 1.45. The van der Waals surface area contributed by atoms with Crippen LogP contribution in [0.3, 0.4) is 0 Å². The van der Waals surface area contributed by atoms with Gasteiger partial charge in [0, 0.05) is 5.92 Å². The summed E-state index contributed by atoms with van der Waals surface area (Å²) in [6, 6.07) is 8.65. The molecule has 1 atom stereocenters. The molecule has 0 bridgehead atoms. The third-order valence-electron chi connectivity index (χ3n) is 5.77. The number of nitrogens with zero attached hydrogens (tertiary/aromatic N) is 2. The SMILES string of the molecule is CN(C)CCCC1(C2CCN(C)CC2)CCc2ccccc2O1. The van der Waals surface area contributed by atoms with Crippen molar-refractivity contribution < 1.29 is 4.74 Å². The second-order valence-corrected chi connectivity index (χ2v) is 7.76. The molecule has 2 aliphatic heterocycles. The summed E-state index contributed by atoms with van der Waals surface area (Å²) in [5.74, 6) is 1.84. The van der Waals surface area contributed by atoms with E-state index in [4.69, 9.17) is 4.74 Å². The molecule has 0 saturated carbocycles. The molecule has 128 valence electrons. The van der Waals surface area contributed by atoms with E-state index in [9.17, 15) is 0 Å². The van der Waals surface area contributed by atoms with E-state index in [0.717, 1.165) is 12.3 Å². The average Bonchev–Trinajstić information content (AvgIpc) is 2.55. The lowest BCUT2D eigenvalue weighted by Gasteiger charge is -2.47. The maximum Gasteiger partial charge on any atom is 0.123 e. The molecule has 1 aromatic carbocycles. The molecule has 3 rings (SSSR count). The summed E-state index contributed by atoms with van der Waals surface area (Å²) in [6.45, 7) is 3.58. The number of hydrogen-bond acceptors (Lipinski definition) is 3. The molecule has 0 N–H and O–H groups in total. The van der Waals surface area contributed by atoms with Gasteiger partial charge in [0.1, 0.15) is 11.4 Å². The lowest BCUT2D eigenvalue weighted by atomic mass is 9.73. The zero-order valence-corrected chi connectivity index (χ0v) is 15.1. The average molecular weight is 316 g/mol. The number of likely N-dealkylation sites (tertiary alicyclic amines) is 1. The Balaban J connectivity index is 1.77. The summed E-state index contributed by atoms with van der Waals surface area (Å²) in [7, 11) is 6.57. The number of aryl methyl sites for hydroxylation is 1. The Bertz CT molecular complexity index is 508. The van der Waals surface area contributed by atoms with Gasteiger partial charge in [0.2, 0.25) is 0 Å². The molecule has 2 heterocycles. The van der Waals surface area contributed by atoms with Crippen LogP contribution in [0.1, 0.15) is 37.7 Å². The zero-order valence-electron chi connectivity index (χ0n) is 15.1. The normalized spacial score (nSPS) is 26.1. The monoisotopic (exact) mass is 316 g/mol. The number of fused-ring (bicyclic) bond motifs is 1. The number of para-hydroxylation sites is 1. The number of hydrogen-bond donors (Lipinski definition) is 0. The molecule has 3 nitrogen and oxygen atoms in total. The van der Waals surface area contributed by atoms with Crippen LogP contribution in [0.5, 0.6) is 5.75 Å². The third-order valence-corrected chi connectivity index (χ3v) is 5.77. The first-order chi connectivity index (χ1) is 11.1. The number of benzene rings is 1. The van der Waals surface area contributed by atoms with Crippen LogP contribution in [-0.4, -0.2) is 56.2 Å². The number of piperidine rings is 1. The van der Waals surface area contributed by atoms with Crippen molar-refractivity contribution in [1.82, 2.24) is 9.80 Å². The lowest BCUT2D eigenvalue weighted by Crippen LogP contribution is -2.50. The molecule has 0 aliphatic carbocycles. The molecule has 0 spiro atoms. The van der Waals surface area contributed by atoms with Crippen molar-refractivity contribution in [3.63, 3.8) is 0 Å². The van der Waals surface area contributed by atoms with Crippen LogP contribution in [0.25, 0.3) is 0 Å². The van der Waals surface area contributed by atoms with Gasteiger partial charge in [-0.1, -0.05) is 18.2 Å². The van der Waals surface area contributed by atoms with Crippen molar-refractivity contribution >= 4 is 0 Å². The molecule has 0 aromatic heterocycles. The molecule has 0 radical (unpaired) electrons. The van der Waals surface area contributed by atoms with Crippen LogP contribution in [0.2, 0.25) is 0 Å². The fraction of sp³-hybridized carbons (Fsp3) is 0.700. The highest BCUT2D eigenvalue weighted by Crippen LogP contribution is 2.43. The second-order valence-electron chi connectivity index (χ2n) is 7.76. The number of ether oxygens (including phenoxy) is 1. The van der Waals surface area contributed by atoms with E-state index in [1.54, 1.807) is 0 Å². The highest BCUT2D eigenvalue weighted by atomic mass is 16.5.